The quantitative estimate of drug-likeness (QED) is 0.423. The summed E-state index contributed by atoms with van der Waals surface area (Å²) in [5.41, 5.74) is 5.58. The van der Waals surface area contributed by atoms with Crippen LogP contribution in [0.1, 0.15) is 94.6 Å². The number of esters is 1. The summed E-state index contributed by atoms with van der Waals surface area (Å²) in [5, 5.41) is 0. The number of benzene rings is 2. The Bertz CT molecular complexity index is 799. The van der Waals surface area contributed by atoms with E-state index >= 15 is 0 Å². The summed E-state index contributed by atoms with van der Waals surface area (Å²) in [6, 6.07) is 18.5. The largest absolute Gasteiger partial charge is 0.461 e. The van der Waals surface area contributed by atoms with Crippen LogP contribution in [0.5, 0.6) is 0 Å². The second kappa shape index (κ2) is 9.81. The molecule has 1 aliphatic heterocycles. The average Bonchev–Trinajstić information content (AvgIpc) is 2.77. The predicted molar refractivity (Wildman–Crippen MR) is 124 cm³/mol. The van der Waals surface area contributed by atoms with E-state index in [9.17, 15) is 4.79 Å². The minimum absolute atomic E-state index is 0.0167. The van der Waals surface area contributed by atoms with Gasteiger partial charge in [0, 0.05) is 0 Å². The first-order chi connectivity index (χ1) is 14.7. The summed E-state index contributed by atoms with van der Waals surface area (Å²) in [4.78, 5) is 11.1. The van der Waals surface area contributed by atoms with Crippen molar-refractivity contribution in [3.8, 4) is 11.1 Å². The molecule has 0 N–H and O–H groups in total. The Morgan fingerprint density at radius 1 is 0.833 bits per heavy atom. The summed E-state index contributed by atoms with van der Waals surface area (Å²) < 4.78 is 5.30. The highest BCUT2D eigenvalue weighted by atomic mass is 16.6. The molecule has 0 radical (unpaired) electrons. The lowest BCUT2D eigenvalue weighted by Gasteiger charge is -2.37. The normalized spacial score (nSPS) is 23.8. The van der Waals surface area contributed by atoms with Gasteiger partial charge < -0.3 is 4.74 Å². The Labute approximate surface area is 182 Å². The highest BCUT2D eigenvalue weighted by Gasteiger charge is 2.37. The highest BCUT2D eigenvalue weighted by Crippen LogP contribution is 2.40. The van der Waals surface area contributed by atoms with Crippen molar-refractivity contribution in [2.45, 2.75) is 89.6 Å². The maximum atomic E-state index is 11.1. The molecule has 1 heterocycles. The van der Waals surface area contributed by atoms with Crippen LogP contribution < -0.4 is 0 Å². The smallest absolute Gasteiger partial charge is 0.309 e. The van der Waals surface area contributed by atoms with Crippen LogP contribution in [0.25, 0.3) is 11.1 Å². The summed E-state index contributed by atoms with van der Waals surface area (Å²) >= 11 is 0. The number of hydrogen-bond acceptors (Lipinski definition) is 2. The molecule has 1 saturated heterocycles. The Balaban J connectivity index is 1.36. The van der Waals surface area contributed by atoms with Gasteiger partial charge in [0.15, 0.2) is 0 Å². The lowest BCUT2D eigenvalue weighted by Crippen LogP contribution is -2.40. The molecule has 2 heteroatoms. The van der Waals surface area contributed by atoms with Gasteiger partial charge in [0.25, 0.3) is 0 Å². The molecule has 1 atom stereocenters. The number of ether oxygens (including phenoxy) is 1. The van der Waals surface area contributed by atoms with Gasteiger partial charge in [-0.2, -0.15) is 0 Å². The van der Waals surface area contributed by atoms with Gasteiger partial charge in [0.2, 0.25) is 0 Å². The first kappa shape index (κ1) is 21.2. The molecule has 2 aromatic carbocycles. The molecule has 160 valence electrons. The lowest BCUT2D eigenvalue weighted by atomic mass is 9.75. The van der Waals surface area contributed by atoms with E-state index in [0.717, 1.165) is 0 Å². The molecule has 2 fully saturated rings. The van der Waals surface area contributed by atoms with Crippen LogP contribution in [-0.2, 0) is 9.53 Å². The maximum absolute atomic E-state index is 11.1. The second-order valence-electron chi connectivity index (χ2n) is 9.36. The third kappa shape index (κ3) is 4.79. The van der Waals surface area contributed by atoms with E-state index in [1.807, 2.05) is 0 Å². The van der Waals surface area contributed by atoms with Crippen molar-refractivity contribution < 1.29 is 9.53 Å². The number of rotatable bonds is 8. The summed E-state index contributed by atoms with van der Waals surface area (Å²) in [6.07, 6.45) is 10.7. The van der Waals surface area contributed by atoms with Crippen LogP contribution >= 0.6 is 0 Å². The van der Waals surface area contributed by atoms with E-state index in [1.165, 1.54) is 73.6 Å². The van der Waals surface area contributed by atoms with E-state index in [4.69, 9.17) is 4.74 Å². The molecule has 4 rings (SSSR count). The van der Waals surface area contributed by atoms with Crippen molar-refractivity contribution in [3.63, 3.8) is 0 Å². The van der Waals surface area contributed by atoms with E-state index in [0.29, 0.717) is 24.2 Å². The van der Waals surface area contributed by atoms with Crippen LogP contribution in [0.3, 0.4) is 0 Å². The average molecular weight is 405 g/mol. The minimum Gasteiger partial charge on any atom is -0.461 e. The zero-order chi connectivity index (χ0) is 20.9. The molecule has 0 amide bonds. The summed E-state index contributed by atoms with van der Waals surface area (Å²) in [5.74, 6) is 1.92. The molecule has 2 nitrogen and oxygen atoms in total. The van der Waals surface area contributed by atoms with Gasteiger partial charge in [-0.05, 0) is 78.5 Å². The first-order valence-corrected chi connectivity index (χ1v) is 12.1. The van der Waals surface area contributed by atoms with E-state index in [-0.39, 0.29) is 12.1 Å². The minimum atomic E-state index is -0.0167. The van der Waals surface area contributed by atoms with Crippen molar-refractivity contribution in [3.05, 3.63) is 59.7 Å². The van der Waals surface area contributed by atoms with Crippen LogP contribution in [0.4, 0.5) is 0 Å². The van der Waals surface area contributed by atoms with Gasteiger partial charge >= 0.3 is 5.97 Å². The SMILES string of the molecule is CCCC(CCC)c1ccc(-c2ccc(C3CCC(C4CC(=O)O4)CC3)cc2)cc1. The molecule has 2 aliphatic rings. The summed E-state index contributed by atoms with van der Waals surface area (Å²) in [6.45, 7) is 4.57. The molecule has 2 aromatic rings. The van der Waals surface area contributed by atoms with Gasteiger partial charge in [0.1, 0.15) is 6.10 Å². The van der Waals surface area contributed by atoms with Crippen molar-refractivity contribution in [1.82, 2.24) is 0 Å². The fourth-order valence-electron chi connectivity index (χ4n) is 5.48. The van der Waals surface area contributed by atoms with Gasteiger partial charge in [-0.15, -0.1) is 0 Å². The molecule has 30 heavy (non-hydrogen) atoms. The van der Waals surface area contributed by atoms with Crippen molar-refractivity contribution in [2.24, 2.45) is 5.92 Å². The fourth-order valence-corrected chi connectivity index (χ4v) is 5.48. The highest BCUT2D eigenvalue weighted by molar-refractivity contribution is 5.75. The number of carbonyl (C=O) groups excluding carboxylic acids is 1. The van der Waals surface area contributed by atoms with Crippen molar-refractivity contribution >= 4 is 5.97 Å². The lowest BCUT2D eigenvalue weighted by molar-refractivity contribution is -0.176. The van der Waals surface area contributed by atoms with Crippen molar-refractivity contribution in [1.29, 1.82) is 0 Å². The molecule has 1 unspecified atom stereocenters. The van der Waals surface area contributed by atoms with Gasteiger partial charge in [-0.3, -0.25) is 4.79 Å². The van der Waals surface area contributed by atoms with Gasteiger partial charge in [-0.25, -0.2) is 0 Å². The maximum Gasteiger partial charge on any atom is 0.309 e. The van der Waals surface area contributed by atoms with E-state index in [2.05, 4.69) is 62.4 Å². The Kier molecular flexibility index (Phi) is 6.92. The van der Waals surface area contributed by atoms with E-state index < -0.39 is 0 Å². The number of cyclic esters (lactones) is 1. The molecule has 1 saturated carbocycles. The van der Waals surface area contributed by atoms with Crippen LogP contribution in [0, 0.1) is 5.92 Å². The monoisotopic (exact) mass is 404 g/mol. The molecule has 0 spiro atoms. The molecular formula is C28H36O2. The van der Waals surface area contributed by atoms with Crippen molar-refractivity contribution in [2.75, 3.05) is 0 Å². The fraction of sp³-hybridized carbons (Fsp3) is 0.536. The number of carbonyl (C=O) groups is 1. The third-order valence-corrected chi connectivity index (χ3v) is 7.32. The van der Waals surface area contributed by atoms with Crippen LogP contribution in [-0.4, -0.2) is 12.1 Å². The third-order valence-electron chi connectivity index (χ3n) is 7.32. The molecule has 0 aromatic heterocycles. The standard InChI is InChI=1S/C28H36O2/c1-3-5-20(6-4-2)21-7-9-22(10-8-21)23-11-13-24(14-12-23)25-15-17-26(18-16-25)27-19-28(29)30-27/h7-14,20,25-27H,3-6,15-19H2,1-2H3. The van der Waals surface area contributed by atoms with E-state index in [1.54, 1.807) is 0 Å². The van der Waals surface area contributed by atoms with Crippen LogP contribution in [0.2, 0.25) is 0 Å². The Morgan fingerprint density at radius 2 is 1.37 bits per heavy atom. The summed E-state index contributed by atoms with van der Waals surface area (Å²) in [7, 11) is 0. The molecule has 0 bridgehead atoms. The first-order valence-electron chi connectivity index (χ1n) is 12.1. The topological polar surface area (TPSA) is 26.3 Å². The van der Waals surface area contributed by atoms with Gasteiger partial charge in [0.05, 0.1) is 6.42 Å². The Hall–Kier alpha value is -2.09. The number of hydrogen-bond donors (Lipinski definition) is 0. The molecule has 1 aliphatic carbocycles. The van der Waals surface area contributed by atoms with Gasteiger partial charge in [-0.1, -0.05) is 75.2 Å². The Morgan fingerprint density at radius 3 is 1.87 bits per heavy atom. The molecular weight excluding hydrogens is 368 g/mol. The zero-order valence-electron chi connectivity index (χ0n) is 18.6. The van der Waals surface area contributed by atoms with Crippen LogP contribution in [0.15, 0.2) is 48.5 Å². The second-order valence-corrected chi connectivity index (χ2v) is 9.36. The predicted octanol–water partition coefficient (Wildman–Crippen LogP) is 7.63. The zero-order valence-corrected chi connectivity index (χ0v) is 18.6.